The third-order valence-corrected chi connectivity index (χ3v) is 3.03. The number of nitrogens with zero attached hydrogens (tertiary/aromatic N) is 1. The van der Waals surface area contributed by atoms with Crippen LogP contribution in [0.15, 0.2) is 36.4 Å². The second-order valence-corrected chi connectivity index (χ2v) is 5.29. The second-order valence-electron chi connectivity index (χ2n) is 5.29. The molecule has 0 bridgehead atoms. The molecule has 2 rings (SSSR count). The summed E-state index contributed by atoms with van der Waals surface area (Å²) in [4.78, 5) is 15.2. The van der Waals surface area contributed by atoms with Gasteiger partial charge in [-0.05, 0) is 38.5 Å². The van der Waals surface area contributed by atoms with Gasteiger partial charge in [-0.2, -0.15) is 0 Å². The third kappa shape index (κ3) is 3.68. The molecule has 4 heteroatoms. The Bertz CT molecular complexity index is 593. The van der Waals surface area contributed by atoms with E-state index in [0.717, 1.165) is 16.7 Å². The maximum Gasteiger partial charge on any atom is 0.303 e. The number of hydrogen-bond acceptors (Lipinski definition) is 3. The van der Waals surface area contributed by atoms with E-state index >= 15 is 0 Å². The van der Waals surface area contributed by atoms with Crippen LogP contribution in [0.25, 0.3) is 10.9 Å². The molecular formula is C15H18N2O2. The van der Waals surface area contributed by atoms with Gasteiger partial charge in [-0.1, -0.05) is 18.2 Å². The number of carboxylic acid groups (broad SMARTS) is 1. The molecule has 0 saturated carbocycles. The zero-order valence-corrected chi connectivity index (χ0v) is 11.2. The average molecular weight is 258 g/mol. The van der Waals surface area contributed by atoms with Crippen LogP contribution in [0.1, 0.15) is 26.7 Å². The first-order chi connectivity index (χ1) is 8.96. The van der Waals surface area contributed by atoms with Gasteiger partial charge in [0.05, 0.1) is 5.52 Å². The molecule has 19 heavy (non-hydrogen) atoms. The fourth-order valence-electron chi connectivity index (χ4n) is 1.96. The van der Waals surface area contributed by atoms with Crippen LogP contribution in [0.4, 0.5) is 5.82 Å². The summed E-state index contributed by atoms with van der Waals surface area (Å²) in [5.74, 6) is -0.00423. The molecule has 1 aromatic heterocycles. The summed E-state index contributed by atoms with van der Waals surface area (Å²) >= 11 is 0. The molecular weight excluding hydrogens is 240 g/mol. The predicted molar refractivity (Wildman–Crippen MR) is 76.3 cm³/mol. The Morgan fingerprint density at radius 3 is 2.74 bits per heavy atom. The summed E-state index contributed by atoms with van der Waals surface area (Å²) in [6, 6.07) is 11.8. The lowest BCUT2D eigenvalue weighted by molar-refractivity contribution is -0.137. The second kappa shape index (κ2) is 5.26. The monoisotopic (exact) mass is 258 g/mol. The van der Waals surface area contributed by atoms with Crippen molar-refractivity contribution in [2.45, 2.75) is 32.2 Å². The lowest BCUT2D eigenvalue weighted by atomic mass is 9.98. The fraction of sp³-hybridized carbons (Fsp3) is 0.333. The first-order valence-electron chi connectivity index (χ1n) is 6.32. The van der Waals surface area contributed by atoms with Gasteiger partial charge in [-0.15, -0.1) is 0 Å². The van der Waals surface area contributed by atoms with E-state index in [1.54, 1.807) is 0 Å². The highest BCUT2D eigenvalue weighted by molar-refractivity contribution is 5.80. The van der Waals surface area contributed by atoms with Crippen LogP contribution in [0.3, 0.4) is 0 Å². The lowest BCUT2D eigenvalue weighted by Gasteiger charge is -2.26. The van der Waals surface area contributed by atoms with Gasteiger partial charge in [0.25, 0.3) is 0 Å². The summed E-state index contributed by atoms with van der Waals surface area (Å²) in [5.41, 5.74) is 0.634. The molecule has 1 heterocycles. The largest absolute Gasteiger partial charge is 0.481 e. The van der Waals surface area contributed by atoms with E-state index in [1.165, 1.54) is 0 Å². The maximum atomic E-state index is 10.6. The summed E-state index contributed by atoms with van der Waals surface area (Å²) in [5, 5.41) is 13.1. The zero-order chi connectivity index (χ0) is 13.9. The highest BCUT2D eigenvalue weighted by atomic mass is 16.4. The van der Waals surface area contributed by atoms with Crippen LogP contribution in [-0.2, 0) is 4.79 Å². The molecule has 4 nitrogen and oxygen atoms in total. The Kier molecular flexibility index (Phi) is 3.69. The molecule has 2 N–H and O–H groups in total. The van der Waals surface area contributed by atoms with Crippen molar-refractivity contribution in [2.24, 2.45) is 0 Å². The van der Waals surface area contributed by atoms with Crippen LogP contribution in [0.2, 0.25) is 0 Å². The SMILES string of the molecule is CC(C)(CCC(=O)O)Nc1ccc2ccccc2n1. The summed E-state index contributed by atoms with van der Waals surface area (Å²) in [7, 11) is 0. The van der Waals surface area contributed by atoms with Crippen LogP contribution >= 0.6 is 0 Å². The summed E-state index contributed by atoms with van der Waals surface area (Å²) in [6.07, 6.45) is 0.699. The number of nitrogens with one attached hydrogen (secondary N) is 1. The van der Waals surface area contributed by atoms with Gasteiger partial charge in [0.2, 0.25) is 0 Å². The van der Waals surface area contributed by atoms with Gasteiger partial charge in [0, 0.05) is 17.3 Å². The van der Waals surface area contributed by atoms with Crippen molar-refractivity contribution < 1.29 is 9.90 Å². The van der Waals surface area contributed by atoms with Crippen molar-refractivity contribution in [3.05, 3.63) is 36.4 Å². The molecule has 0 saturated heterocycles. The molecule has 0 fully saturated rings. The van der Waals surface area contributed by atoms with Gasteiger partial charge in [0.15, 0.2) is 0 Å². The Labute approximate surface area is 112 Å². The minimum Gasteiger partial charge on any atom is -0.481 e. The van der Waals surface area contributed by atoms with Crippen molar-refractivity contribution in [1.82, 2.24) is 4.98 Å². The molecule has 0 radical (unpaired) electrons. The van der Waals surface area contributed by atoms with Gasteiger partial charge < -0.3 is 10.4 Å². The van der Waals surface area contributed by atoms with E-state index < -0.39 is 5.97 Å². The van der Waals surface area contributed by atoms with Gasteiger partial charge in [-0.3, -0.25) is 4.79 Å². The number of carbonyl (C=O) groups is 1. The third-order valence-electron chi connectivity index (χ3n) is 3.03. The number of pyridine rings is 1. The number of hydrogen-bond donors (Lipinski definition) is 2. The first kappa shape index (κ1) is 13.3. The Morgan fingerprint density at radius 1 is 1.26 bits per heavy atom. The van der Waals surface area contributed by atoms with Gasteiger partial charge in [-0.25, -0.2) is 4.98 Å². The highest BCUT2D eigenvalue weighted by Crippen LogP contribution is 2.20. The van der Waals surface area contributed by atoms with Crippen LogP contribution in [0, 0.1) is 0 Å². The van der Waals surface area contributed by atoms with E-state index in [1.807, 2.05) is 50.2 Å². The number of aromatic nitrogens is 1. The molecule has 0 atom stereocenters. The average Bonchev–Trinajstić information content (AvgIpc) is 2.36. The number of para-hydroxylation sites is 1. The molecule has 1 aromatic carbocycles. The molecule has 0 unspecified atom stereocenters. The normalized spacial score (nSPS) is 11.5. The zero-order valence-electron chi connectivity index (χ0n) is 11.2. The minimum absolute atomic E-state index is 0.146. The van der Waals surface area contributed by atoms with E-state index in [-0.39, 0.29) is 12.0 Å². The molecule has 0 spiro atoms. The highest BCUT2D eigenvalue weighted by Gasteiger charge is 2.19. The van der Waals surface area contributed by atoms with Crippen molar-refractivity contribution in [3.63, 3.8) is 0 Å². The van der Waals surface area contributed by atoms with Gasteiger partial charge in [0.1, 0.15) is 5.82 Å². The Balaban J connectivity index is 2.13. The number of rotatable bonds is 5. The number of aliphatic carboxylic acids is 1. The van der Waals surface area contributed by atoms with E-state index in [9.17, 15) is 4.79 Å². The minimum atomic E-state index is -0.777. The molecule has 0 amide bonds. The Hall–Kier alpha value is -2.10. The van der Waals surface area contributed by atoms with Crippen molar-refractivity contribution >= 4 is 22.7 Å². The number of benzene rings is 1. The van der Waals surface area contributed by atoms with Crippen molar-refractivity contribution in [3.8, 4) is 0 Å². The molecule has 0 aliphatic heterocycles. The van der Waals surface area contributed by atoms with Gasteiger partial charge >= 0.3 is 5.97 Å². The molecule has 0 aliphatic carbocycles. The smallest absolute Gasteiger partial charge is 0.303 e. The fourth-order valence-corrected chi connectivity index (χ4v) is 1.96. The van der Waals surface area contributed by atoms with Crippen LogP contribution in [-0.4, -0.2) is 21.6 Å². The van der Waals surface area contributed by atoms with Crippen molar-refractivity contribution in [1.29, 1.82) is 0 Å². The first-order valence-corrected chi connectivity index (χ1v) is 6.32. The van der Waals surface area contributed by atoms with E-state index in [2.05, 4.69) is 10.3 Å². The molecule has 0 aliphatic rings. The topological polar surface area (TPSA) is 62.2 Å². The molecule has 2 aromatic rings. The van der Waals surface area contributed by atoms with E-state index in [4.69, 9.17) is 5.11 Å². The Morgan fingerprint density at radius 2 is 2.00 bits per heavy atom. The van der Waals surface area contributed by atoms with E-state index in [0.29, 0.717) is 6.42 Å². The summed E-state index contributed by atoms with van der Waals surface area (Å²) < 4.78 is 0. The van der Waals surface area contributed by atoms with Crippen molar-refractivity contribution in [2.75, 3.05) is 5.32 Å². The number of fused-ring (bicyclic) bond motifs is 1. The number of anilines is 1. The standard InChI is InChI=1S/C15H18N2O2/c1-15(2,10-9-14(18)19)17-13-8-7-11-5-3-4-6-12(11)16-13/h3-8H,9-10H2,1-2H3,(H,16,17)(H,18,19). The lowest BCUT2D eigenvalue weighted by Crippen LogP contribution is -2.31. The van der Waals surface area contributed by atoms with Crippen LogP contribution in [0.5, 0.6) is 0 Å². The number of carboxylic acids is 1. The predicted octanol–water partition coefficient (Wildman–Crippen LogP) is 3.29. The summed E-state index contributed by atoms with van der Waals surface area (Å²) in [6.45, 7) is 3.96. The van der Waals surface area contributed by atoms with Crippen LogP contribution < -0.4 is 5.32 Å². The maximum absolute atomic E-state index is 10.6. The molecule has 100 valence electrons. The quantitative estimate of drug-likeness (QED) is 0.863.